The Balaban J connectivity index is 0.717. The number of amides is 4. The summed E-state index contributed by atoms with van der Waals surface area (Å²) < 4.78 is 40.0. The number of aryl methyl sites for hydroxylation is 1. The summed E-state index contributed by atoms with van der Waals surface area (Å²) in [5.74, 6) is 0.987. The van der Waals surface area contributed by atoms with Crippen molar-refractivity contribution < 1.29 is 57.4 Å². The van der Waals surface area contributed by atoms with E-state index in [0.717, 1.165) is 57.5 Å². The number of anilines is 3. The lowest BCUT2D eigenvalue weighted by Crippen LogP contribution is -2.58. The molecule has 4 amide bonds. The molecule has 2 aromatic heterocycles. The number of thiazole rings is 1. The van der Waals surface area contributed by atoms with Gasteiger partial charge in [0.25, 0.3) is 0 Å². The lowest BCUT2D eigenvalue weighted by Gasteiger charge is -2.35. The zero-order valence-electron chi connectivity index (χ0n) is 45.6. The van der Waals surface area contributed by atoms with E-state index < -0.39 is 35.4 Å². The number of ether oxygens (including phenoxy) is 7. The smallest absolute Gasteiger partial charge is 0.246 e. The van der Waals surface area contributed by atoms with Crippen LogP contribution in [0, 0.1) is 18.3 Å². The van der Waals surface area contributed by atoms with E-state index in [1.54, 1.807) is 17.5 Å². The van der Waals surface area contributed by atoms with E-state index in [1.165, 1.54) is 4.90 Å². The highest BCUT2D eigenvalue weighted by molar-refractivity contribution is 9.10. The molecule has 0 unspecified atom stereocenters. The van der Waals surface area contributed by atoms with Crippen molar-refractivity contribution in [2.75, 3.05) is 123 Å². The minimum absolute atomic E-state index is 0.0182. The van der Waals surface area contributed by atoms with Gasteiger partial charge in [0, 0.05) is 57.4 Å². The monoisotopic (exact) mass is 1170 g/mol. The number of hydrogen-bond acceptors (Lipinski definition) is 18. The zero-order valence-corrected chi connectivity index (χ0v) is 48.0. The number of nitrogens with one attached hydrogen (secondary N) is 4. The summed E-state index contributed by atoms with van der Waals surface area (Å²) in [6, 6.07) is 13.5. The lowest BCUT2D eigenvalue weighted by atomic mass is 9.84. The molecule has 3 atom stereocenters. The van der Waals surface area contributed by atoms with Crippen LogP contribution >= 0.6 is 27.3 Å². The summed E-state index contributed by atoms with van der Waals surface area (Å²) in [5, 5.41) is 22.8. The molecule has 23 heteroatoms. The first-order valence-electron chi connectivity index (χ1n) is 26.7. The number of rotatable bonds is 35. The van der Waals surface area contributed by atoms with E-state index in [2.05, 4.69) is 52.1 Å². The molecule has 1 saturated carbocycles. The van der Waals surface area contributed by atoms with Crippen LogP contribution in [0.4, 0.5) is 17.5 Å². The largest absolute Gasteiger partial charge is 0.491 e. The van der Waals surface area contributed by atoms with Gasteiger partial charge < -0.3 is 69.3 Å². The highest BCUT2D eigenvalue weighted by Crippen LogP contribution is 2.30. The molecule has 78 heavy (non-hydrogen) atoms. The fourth-order valence-electron chi connectivity index (χ4n) is 8.38. The Morgan fingerprint density at radius 3 is 2.04 bits per heavy atom. The Labute approximate surface area is 470 Å². The third-order valence-electron chi connectivity index (χ3n) is 12.9. The molecule has 2 aromatic carbocycles. The fraction of sp³-hybridized carbons (Fsp3) is 0.582. The van der Waals surface area contributed by atoms with Gasteiger partial charge in [-0.15, -0.1) is 11.3 Å². The molecule has 21 nitrogen and oxygen atoms in total. The predicted molar refractivity (Wildman–Crippen MR) is 300 cm³/mol. The van der Waals surface area contributed by atoms with Gasteiger partial charge >= 0.3 is 0 Å². The van der Waals surface area contributed by atoms with E-state index in [4.69, 9.17) is 33.2 Å². The van der Waals surface area contributed by atoms with Crippen LogP contribution < -0.4 is 26.0 Å². The minimum atomic E-state index is -0.966. The molecule has 0 bridgehead atoms. The van der Waals surface area contributed by atoms with Crippen LogP contribution in [0.3, 0.4) is 0 Å². The standard InChI is InChI=1S/C55H78BrN9O12S/c1-38-48(78-37-60-38)40-12-10-39(11-13-40)33-58-51(68)46-32-43(66)35-65(46)53(70)49(55(2,3)4)62-47(67)36-76-29-28-74-25-24-72-21-20-71-22-23-73-26-27-75-30-31-77-44-16-14-42(15-17-44)61-54-59-34-45(56)50(63-54)57-18-7-19-64(5)52(69)41-8-6-9-41/h10-17,34,37,41,43,46,49,66H,6-9,18-33,35-36H2,1-5H3,(H,58,68)(H,62,67)(H2,57,59,61,63)/t43-,46+,49-/m1/s1. The van der Waals surface area contributed by atoms with Crippen molar-refractivity contribution in [2.45, 2.75) is 84.5 Å². The number of aliphatic hydroxyl groups excluding tert-OH is 1. The number of hydrogen-bond donors (Lipinski definition) is 5. The molecule has 3 heterocycles. The molecule has 1 aliphatic carbocycles. The number of carbonyl (C=O) groups excluding carboxylic acids is 4. The molecule has 1 aliphatic heterocycles. The average molecular weight is 1170 g/mol. The van der Waals surface area contributed by atoms with Gasteiger partial charge in [-0.2, -0.15) is 4.98 Å². The van der Waals surface area contributed by atoms with E-state index in [1.807, 2.05) is 93.7 Å². The number of benzene rings is 2. The second-order valence-corrected chi connectivity index (χ2v) is 21.8. The molecule has 2 aliphatic rings. The summed E-state index contributed by atoms with van der Waals surface area (Å²) in [7, 11) is 1.87. The molecule has 4 aromatic rings. The van der Waals surface area contributed by atoms with Crippen LogP contribution in [0.15, 0.2) is 64.7 Å². The number of carbonyl (C=O) groups is 4. The van der Waals surface area contributed by atoms with E-state index in [-0.39, 0.29) is 57.1 Å². The number of halogens is 1. The van der Waals surface area contributed by atoms with Gasteiger partial charge in [0.05, 0.1) is 99.3 Å². The van der Waals surface area contributed by atoms with Crippen LogP contribution in [0.2, 0.25) is 0 Å². The van der Waals surface area contributed by atoms with Gasteiger partial charge in [-0.3, -0.25) is 19.2 Å². The normalized spacial score (nSPS) is 15.9. The molecule has 0 spiro atoms. The van der Waals surface area contributed by atoms with Gasteiger partial charge in [0.1, 0.15) is 36.9 Å². The Bertz CT molecular complexity index is 2460. The van der Waals surface area contributed by atoms with Crippen LogP contribution in [0.1, 0.15) is 64.1 Å². The predicted octanol–water partition coefficient (Wildman–Crippen LogP) is 5.76. The van der Waals surface area contributed by atoms with E-state index in [9.17, 15) is 24.3 Å². The average Bonchev–Trinajstić information content (AvgIpc) is 4.04. The first kappa shape index (κ1) is 61.8. The quantitative estimate of drug-likeness (QED) is 0.0344. The first-order valence-corrected chi connectivity index (χ1v) is 28.4. The number of likely N-dealkylation sites (tertiary alicyclic amines) is 1. The SMILES string of the molecule is Cc1ncsc1-c1ccc(CNC(=O)[C@@H]2C[C@@H](O)CN2C(=O)[C@@H](NC(=O)COCCOCCOCCOCCOCCOCCOc2ccc(Nc3ncc(Br)c(NCCCN(C)C(=O)C4CCC4)n3)cc2)C(C)(C)C)cc1. The third kappa shape index (κ3) is 20.7. The van der Waals surface area contributed by atoms with E-state index >= 15 is 0 Å². The van der Waals surface area contributed by atoms with Crippen LogP contribution in [0.25, 0.3) is 10.4 Å². The van der Waals surface area contributed by atoms with Crippen molar-refractivity contribution in [1.29, 1.82) is 0 Å². The fourth-order valence-corrected chi connectivity index (χ4v) is 9.52. The van der Waals surface area contributed by atoms with Gasteiger partial charge in [-0.25, -0.2) is 9.97 Å². The Morgan fingerprint density at radius 2 is 1.46 bits per heavy atom. The molecule has 428 valence electrons. The van der Waals surface area contributed by atoms with E-state index in [0.29, 0.717) is 96.7 Å². The Hall–Kier alpha value is -5.37. The van der Waals surface area contributed by atoms with Crippen LogP contribution in [-0.2, 0) is 54.1 Å². The highest BCUT2D eigenvalue weighted by atomic mass is 79.9. The maximum Gasteiger partial charge on any atom is 0.246 e. The highest BCUT2D eigenvalue weighted by Gasteiger charge is 2.44. The topological polar surface area (TPSA) is 246 Å². The maximum atomic E-state index is 13.9. The number of aromatic nitrogens is 3. The van der Waals surface area contributed by atoms with Crippen LogP contribution in [0.5, 0.6) is 5.75 Å². The van der Waals surface area contributed by atoms with Crippen LogP contribution in [-0.4, -0.2) is 184 Å². The third-order valence-corrected chi connectivity index (χ3v) is 14.5. The van der Waals surface area contributed by atoms with Crippen molar-refractivity contribution >= 4 is 68.3 Å². The molecule has 1 saturated heterocycles. The van der Waals surface area contributed by atoms with Gasteiger partial charge in [0.2, 0.25) is 29.6 Å². The van der Waals surface area contributed by atoms with Crippen molar-refractivity contribution in [3.05, 3.63) is 76.0 Å². The maximum absolute atomic E-state index is 13.9. The molecular formula is C55H78BrN9O12S. The van der Waals surface area contributed by atoms with Crippen molar-refractivity contribution in [1.82, 2.24) is 35.4 Å². The summed E-state index contributed by atoms with van der Waals surface area (Å²) in [5.41, 5.74) is 4.82. The summed E-state index contributed by atoms with van der Waals surface area (Å²) in [6.45, 7) is 13.1. The molecule has 0 radical (unpaired) electrons. The Morgan fingerprint density at radius 1 is 0.846 bits per heavy atom. The van der Waals surface area contributed by atoms with Crippen molar-refractivity contribution in [3.8, 4) is 16.2 Å². The molecule has 5 N–H and O–H groups in total. The summed E-state index contributed by atoms with van der Waals surface area (Å²) >= 11 is 5.09. The number of β-amino-alcohol motifs (C(OH)–C–C–N with tert-alkyl or cyclic N) is 1. The first-order chi connectivity index (χ1) is 37.7. The van der Waals surface area contributed by atoms with Crippen molar-refractivity contribution in [3.63, 3.8) is 0 Å². The second-order valence-electron chi connectivity index (χ2n) is 20.1. The van der Waals surface area contributed by atoms with Gasteiger partial charge in [0.15, 0.2) is 0 Å². The summed E-state index contributed by atoms with van der Waals surface area (Å²) in [6.07, 6.45) is 4.89. The zero-order chi connectivity index (χ0) is 55.7. The summed E-state index contributed by atoms with van der Waals surface area (Å²) in [4.78, 5) is 70.2. The number of aliphatic hydroxyl groups is 1. The van der Waals surface area contributed by atoms with Gasteiger partial charge in [-0.1, -0.05) is 51.5 Å². The Kier molecular flexibility index (Phi) is 25.9. The number of nitrogens with zero attached hydrogens (tertiary/aromatic N) is 5. The molecule has 6 rings (SSSR count). The van der Waals surface area contributed by atoms with Crippen molar-refractivity contribution in [2.24, 2.45) is 11.3 Å². The lowest BCUT2D eigenvalue weighted by molar-refractivity contribution is -0.144. The minimum Gasteiger partial charge on any atom is -0.491 e. The second kappa shape index (κ2) is 32.6. The van der Waals surface area contributed by atoms with Gasteiger partial charge in [-0.05, 0) is 82.9 Å². The molecule has 2 fully saturated rings. The molecular weight excluding hydrogens is 1090 g/mol.